The number of esters is 1. The molecule has 0 radical (unpaired) electrons. The molecule has 2 aromatic heterocycles. The van der Waals surface area contributed by atoms with E-state index in [0.29, 0.717) is 13.2 Å². The Morgan fingerprint density at radius 1 is 1.42 bits per heavy atom. The lowest BCUT2D eigenvalue weighted by molar-refractivity contribution is -0.156. The summed E-state index contributed by atoms with van der Waals surface area (Å²) < 4.78 is 5.34. The quantitative estimate of drug-likeness (QED) is 0.775. The van der Waals surface area contributed by atoms with E-state index in [2.05, 4.69) is 33.9 Å². The van der Waals surface area contributed by atoms with Gasteiger partial charge in [-0.1, -0.05) is 31.3 Å². The molecule has 0 saturated carbocycles. The molecule has 24 heavy (non-hydrogen) atoms. The first-order valence-corrected chi connectivity index (χ1v) is 9.05. The van der Waals surface area contributed by atoms with E-state index in [4.69, 9.17) is 4.74 Å². The van der Waals surface area contributed by atoms with E-state index in [9.17, 15) is 4.79 Å². The van der Waals surface area contributed by atoms with Gasteiger partial charge in [-0.15, -0.1) is 10.2 Å². The summed E-state index contributed by atoms with van der Waals surface area (Å²) in [6, 6.07) is 5.73. The molecule has 6 nitrogen and oxygen atoms in total. The van der Waals surface area contributed by atoms with Gasteiger partial charge < -0.3 is 9.64 Å². The Hall–Kier alpha value is -2.02. The van der Waals surface area contributed by atoms with E-state index in [-0.39, 0.29) is 11.9 Å². The van der Waals surface area contributed by atoms with E-state index in [1.54, 1.807) is 6.20 Å². The summed E-state index contributed by atoms with van der Waals surface area (Å²) in [5.41, 5.74) is 0.355. The highest BCUT2D eigenvalue weighted by atomic mass is 32.1. The highest BCUT2D eigenvalue weighted by molar-refractivity contribution is 7.18. The number of hydrogen-bond donors (Lipinski definition) is 0. The van der Waals surface area contributed by atoms with Crippen LogP contribution < -0.4 is 4.90 Å². The normalized spacial score (nSPS) is 20.6. The van der Waals surface area contributed by atoms with Gasteiger partial charge in [0.25, 0.3) is 0 Å². The molecule has 7 heteroatoms. The van der Waals surface area contributed by atoms with Gasteiger partial charge in [0, 0.05) is 19.3 Å². The Morgan fingerprint density at radius 2 is 2.25 bits per heavy atom. The van der Waals surface area contributed by atoms with Crippen LogP contribution in [0.5, 0.6) is 0 Å². The molecular formula is C17H22N4O2S. The Balaban J connectivity index is 1.80. The highest BCUT2D eigenvalue weighted by Crippen LogP contribution is 2.42. The minimum Gasteiger partial charge on any atom is -0.466 e. The predicted molar refractivity (Wildman–Crippen MR) is 93.9 cm³/mol. The van der Waals surface area contributed by atoms with Gasteiger partial charge in [0.1, 0.15) is 5.69 Å². The lowest BCUT2D eigenvalue weighted by Crippen LogP contribution is -2.40. The van der Waals surface area contributed by atoms with Gasteiger partial charge in [-0.2, -0.15) is 0 Å². The molecule has 0 aromatic carbocycles. The zero-order valence-electron chi connectivity index (χ0n) is 14.2. The fourth-order valence-corrected chi connectivity index (χ4v) is 3.93. The van der Waals surface area contributed by atoms with Crippen molar-refractivity contribution in [3.63, 3.8) is 0 Å². The molecule has 0 spiro atoms. The summed E-state index contributed by atoms with van der Waals surface area (Å²) in [7, 11) is 0. The minimum atomic E-state index is -0.465. The highest BCUT2D eigenvalue weighted by Gasteiger charge is 2.49. The van der Waals surface area contributed by atoms with E-state index in [0.717, 1.165) is 28.8 Å². The van der Waals surface area contributed by atoms with Crippen LogP contribution in [0.1, 0.15) is 27.2 Å². The second kappa shape index (κ2) is 6.84. The lowest BCUT2D eigenvalue weighted by atomic mass is 9.76. The molecule has 0 bridgehead atoms. The number of hydrogen-bond acceptors (Lipinski definition) is 7. The molecule has 1 saturated heterocycles. The number of nitrogens with zero attached hydrogens (tertiary/aromatic N) is 4. The van der Waals surface area contributed by atoms with Gasteiger partial charge in [-0.25, -0.2) is 0 Å². The van der Waals surface area contributed by atoms with Crippen LogP contribution in [0, 0.1) is 11.3 Å². The van der Waals surface area contributed by atoms with Crippen molar-refractivity contribution < 1.29 is 9.53 Å². The first-order chi connectivity index (χ1) is 11.6. The van der Waals surface area contributed by atoms with Crippen molar-refractivity contribution in [3.8, 4) is 10.7 Å². The number of aromatic nitrogens is 3. The SMILES string of the molecule is CCOC(=O)C1(C(C)C)CCN(c2nnc(-c3ccccn3)s2)C1. The van der Waals surface area contributed by atoms with Crippen LogP contribution in [0.4, 0.5) is 5.13 Å². The van der Waals surface area contributed by atoms with Crippen molar-refractivity contribution in [3.05, 3.63) is 24.4 Å². The maximum atomic E-state index is 12.5. The molecule has 0 amide bonds. The van der Waals surface area contributed by atoms with Crippen molar-refractivity contribution in [2.75, 3.05) is 24.6 Å². The number of carbonyl (C=O) groups excluding carboxylic acids is 1. The maximum Gasteiger partial charge on any atom is 0.314 e. The molecule has 2 aromatic rings. The van der Waals surface area contributed by atoms with Crippen LogP contribution in [0.2, 0.25) is 0 Å². The zero-order valence-corrected chi connectivity index (χ0v) is 15.0. The van der Waals surface area contributed by atoms with E-state index < -0.39 is 5.41 Å². The minimum absolute atomic E-state index is 0.100. The fraction of sp³-hybridized carbons (Fsp3) is 0.529. The van der Waals surface area contributed by atoms with Gasteiger partial charge in [0.2, 0.25) is 5.13 Å². The van der Waals surface area contributed by atoms with Crippen LogP contribution >= 0.6 is 11.3 Å². The van der Waals surface area contributed by atoms with Gasteiger partial charge >= 0.3 is 5.97 Å². The van der Waals surface area contributed by atoms with E-state index in [1.807, 2.05) is 25.1 Å². The molecular weight excluding hydrogens is 324 g/mol. The fourth-order valence-electron chi connectivity index (χ4n) is 3.08. The van der Waals surface area contributed by atoms with Crippen LogP contribution in [-0.2, 0) is 9.53 Å². The van der Waals surface area contributed by atoms with E-state index >= 15 is 0 Å². The zero-order chi connectivity index (χ0) is 17.2. The second-order valence-electron chi connectivity index (χ2n) is 6.31. The van der Waals surface area contributed by atoms with E-state index in [1.165, 1.54) is 11.3 Å². The number of carbonyl (C=O) groups is 1. The van der Waals surface area contributed by atoms with Crippen LogP contribution in [0.3, 0.4) is 0 Å². The third kappa shape index (κ3) is 3.00. The molecule has 1 atom stereocenters. The summed E-state index contributed by atoms with van der Waals surface area (Å²) in [4.78, 5) is 19.0. The third-order valence-electron chi connectivity index (χ3n) is 4.66. The van der Waals surface area contributed by atoms with Crippen molar-refractivity contribution in [1.29, 1.82) is 0 Å². The Labute approximate surface area is 145 Å². The number of pyridine rings is 1. The van der Waals surface area contributed by atoms with Crippen LogP contribution in [0.25, 0.3) is 10.7 Å². The summed E-state index contributed by atoms with van der Waals surface area (Å²) in [6.45, 7) is 7.84. The van der Waals surface area contributed by atoms with Crippen LogP contribution in [-0.4, -0.2) is 40.8 Å². The van der Waals surface area contributed by atoms with Gasteiger partial charge in [-0.3, -0.25) is 9.78 Å². The maximum absolute atomic E-state index is 12.5. The van der Waals surface area contributed by atoms with Crippen molar-refractivity contribution in [2.24, 2.45) is 11.3 Å². The van der Waals surface area contributed by atoms with Crippen molar-refractivity contribution >= 4 is 22.4 Å². The smallest absolute Gasteiger partial charge is 0.314 e. The lowest BCUT2D eigenvalue weighted by Gasteiger charge is -2.30. The molecule has 1 unspecified atom stereocenters. The first kappa shape index (κ1) is 16.8. The second-order valence-corrected chi connectivity index (χ2v) is 7.26. The van der Waals surface area contributed by atoms with Crippen molar-refractivity contribution in [1.82, 2.24) is 15.2 Å². The molecule has 1 fully saturated rings. The average Bonchev–Trinajstić information content (AvgIpc) is 3.24. The van der Waals surface area contributed by atoms with Gasteiger partial charge in [-0.05, 0) is 31.4 Å². The standard InChI is InChI=1S/C17H22N4O2S/c1-4-23-15(22)17(12(2)3)8-10-21(11-17)16-20-19-14(24-16)13-7-5-6-9-18-13/h5-7,9,12H,4,8,10-11H2,1-3H3. The molecule has 1 aliphatic heterocycles. The van der Waals surface area contributed by atoms with Gasteiger partial charge in [0.15, 0.2) is 5.01 Å². The molecule has 3 heterocycles. The average molecular weight is 346 g/mol. The third-order valence-corrected chi connectivity index (χ3v) is 5.66. The molecule has 0 aliphatic carbocycles. The monoisotopic (exact) mass is 346 g/mol. The predicted octanol–water partition coefficient (Wildman–Crippen LogP) is 3.02. The molecule has 0 N–H and O–H groups in total. The molecule has 1 aliphatic rings. The summed E-state index contributed by atoms with van der Waals surface area (Å²) >= 11 is 1.51. The first-order valence-electron chi connectivity index (χ1n) is 8.24. The van der Waals surface area contributed by atoms with Gasteiger partial charge in [0.05, 0.1) is 12.0 Å². The Morgan fingerprint density at radius 3 is 2.92 bits per heavy atom. The summed E-state index contributed by atoms with van der Waals surface area (Å²) in [5.74, 6) is 0.113. The topological polar surface area (TPSA) is 68.2 Å². The summed E-state index contributed by atoms with van der Waals surface area (Å²) in [5, 5.41) is 10.2. The number of anilines is 1. The number of ether oxygens (including phenoxy) is 1. The largest absolute Gasteiger partial charge is 0.466 e. The van der Waals surface area contributed by atoms with Crippen molar-refractivity contribution in [2.45, 2.75) is 27.2 Å². The Bertz CT molecular complexity index is 704. The van der Waals surface area contributed by atoms with Crippen LogP contribution in [0.15, 0.2) is 24.4 Å². The molecule has 3 rings (SSSR count). The molecule has 128 valence electrons. The number of rotatable bonds is 5. The summed E-state index contributed by atoms with van der Waals surface area (Å²) in [6.07, 6.45) is 2.53. The Kier molecular flexibility index (Phi) is 4.80.